The fourth-order valence-corrected chi connectivity index (χ4v) is 5.98. The summed E-state index contributed by atoms with van der Waals surface area (Å²) in [6.45, 7) is 0.0694. The highest BCUT2D eigenvalue weighted by atomic mass is 35.5. The van der Waals surface area contributed by atoms with Gasteiger partial charge in [-0.2, -0.15) is 4.98 Å². The smallest absolute Gasteiger partial charge is 0.380 e. The van der Waals surface area contributed by atoms with Gasteiger partial charge in [0, 0.05) is 0 Å². The van der Waals surface area contributed by atoms with E-state index in [0.29, 0.717) is 0 Å². The number of imidazole rings is 1. The van der Waals surface area contributed by atoms with Crippen LogP contribution in [0.25, 0.3) is 11.2 Å². The van der Waals surface area contributed by atoms with Gasteiger partial charge in [-0.1, -0.05) is 25.1 Å². The van der Waals surface area contributed by atoms with Crippen molar-refractivity contribution < 1.29 is 40.1 Å². The van der Waals surface area contributed by atoms with Gasteiger partial charge in [-0.25, -0.2) is 13.9 Å². The van der Waals surface area contributed by atoms with Crippen LogP contribution < -0.4 is 15.8 Å². The second kappa shape index (κ2) is 11.8. The molecule has 0 radical (unpaired) electrons. The van der Waals surface area contributed by atoms with E-state index in [1.54, 1.807) is 32.0 Å². The number of H-pyrrole nitrogens is 1. The molecule has 3 heterocycles. The first-order valence-electron chi connectivity index (χ1n) is 13.2. The number of para-hydroxylation sites is 1. The molecule has 1 fully saturated rings. The van der Waals surface area contributed by atoms with Crippen LogP contribution in [-0.4, -0.2) is 73.2 Å². The van der Waals surface area contributed by atoms with E-state index in [0.717, 1.165) is 10.9 Å². The lowest BCUT2D eigenvalue weighted by Crippen LogP contribution is -2.44. The molecule has 2 unspecified atom stereocenters. The van der Waals surface area contributed by atoms with Gasteiger partial charge in [0.2, 0.25) is 5.95 Å². The highest BCUT2D eigenvalue weighted by Gasteiger charge is 2.57. The average Bonchev–Trinajstić information content (AvgIpc) is 3.42. The van der Waals surface area contributed by atoms with E-state index >= 15 is 0 Å². The summed E-state index contributed by atoms with van der Waals surface area (Å²) >= 11 is 6.49. The largest absolute Gasteiger partial charge is 0.463 e. The number of halogens is 2. The zero-order valence-corrected chi connectivity index (χ0v) is 23.3. The van der Waals surface area contributed by atoms with Gasteiger partial charge in [-0.15, -0.1) is 11.6 Å². The Labute approximate surface area is 236 Å². The number of alkyl halides is 2. The number of nitrogen functional groups attached to an aromatic ring is 1. The Morgan fingerprint density at radius 3 is 2.75 bits per heavy atom. The van der Waals surface area contributed by atoms with E-state index in [-0.39, 0.29) is 22.9 Å². The van der Waals surface area contributed by atoms with E-state index in [2.05, 4.69) is 15.0 Å². The van der Waals surface area contributed by atoms with E-state index in [9.17, 15) is 23.7 Å². The van der Waals surface area contributed by atoms with Crippen molar-refractivity contribution in [2.24, 2.45) is 5.92 Å². The van der Waals surface area contributed by atoms with Crippen molar-refractivity contribution >= 4 is 42.3 Å². The number of anilines is 1. The molecular formula is C24H30ClFN5O8P. The van der Waals surface area contributed by atoms with Crippen LogP contribution in [0.15, 0.2) is 41.5 Å². The fourth-order valence-electron chi connectivity index (χ4n) is 4.00. The lowest BCUT2D eigenvalue weighted by molar-refractivity contribution is -0.151. The van der Waals surface area contributed by atoms with Crippen LogP contribution in [0.4, 0.5) is 10.3 Å². The number of fused-ring (bicyclic) bond motifs is 1. The summed E-state index contributed by atoms with van der Waals surface area (Å²) < 4.78 is 68.7. The van der Waals surface area contributed by atoms with E-state index < -0.39 is 73.9 Å². The number of nitrogens with one attached hydrogen (secondary N) is 1. The van der Waals surface area contributed by atoms with Crippen LogP contribution in [0.5, 0.6) is 5.75 Å². The first-order valence-corrected chi connectivity index (χ1v) is 14.3. The number of carbonyl (C=O) groups excluding carboxylic acids is 1. The lowest BCUT2D eigenvalue weighted by Gasteiger charge is -2.27. The number of carbonyl (C=O) groups is 1. The van der Waals surface area contributed by atoms with Gasteiger partial charge in [0.15, 0.2) is 17.4 Å². The second-order valence-corrected chi connectivity index (χ2v) is 12.1. The molecule has 6 atom stereocenters. The molecule has 0 saturated carbocycles. The molecule has 16 heteroatoms. The van der Waals surface area contributed by atoms with Crippen molar-refractivity contribution in [3.05, 3.63) is 47.0 Å². The molecule has 218 valence electrons. The predicted octanol–water partition coefficient (Wildman–Crippen LogP) is 2.78. The molecule has 4 rings (SSSR count). The first kappa shape index (κ1) is 27.2. The van der Waals surface area contributed by atoms with Crippen LogP contribution in [0.2, 0.25) is 0 Å². The van der Waals surface area contributed by atoms with E-state index in [1.807, 2.05) is 0 Å². The van der Waals surface area contributed by atoms with Crippen molar-refractivity contribution in [2.45, 2.75) is 50.2 Å². The van der Waals surface area contributed by atoms with E-state index in [1.165, 1.54) is 19.1 Å². The Morgan fingerprint density at radius 2 is 2.10 bits per heavy atom. The molecule has 2 aromatic heterocycles. The van der Waals surface area contributed by atoms with E-state index in [4.69, 9.17) is 38.6 Å². The maximum atomic E-state index is 14.5. The number of aromatic amines is 1. The normalized spacial score (nSPS) is 26.2. The zero-order chi connectivity index (χ0) is 31.0. The van der Waals surface area contributed by atoms with Gasteiger partial charge in [0.05, 0.1) is 33.8 Å². The number of nitrogens with two attached hydrogens (primary N) is 1. The number of nitrogens with zero attached hydrogens (tertiary/aromatic N) is 3. The number of hydrogen-bond donors (Lipinski definition) is 3. The third kappa shape index (κ3) is 6.16. The Kier molecular flexibility index (Phi) is 8.03. The zero-order valence-electron chi connectivity index (χ0n) is 23.7. The molecule has 1 saturated heterocycles. The standard InChI is InChI=1S/C24H30ClFN5O8P/c1-13(2)37-21(34)14(3)10-40(35,39-15-7-5-4-6-8-15)36-9-16-18(32)24(25,11-26)22(38-16)31-12-28-17-19(31)29-23(27)30-20(17)33/h4-8,12-14,16,18,22,32H,9-11H2,1-3H3,(H3,27,29,30,33)/t14-,16-,18+,22-,24?,40?/m1/s1/i9D2. The maximum absolute atomic E-state index is 14.5. The number of aliphatic hydroxyl groups excluding tert-OH is 1. The van der Waals surface area contributed by atoms with Crippen molar-refractivity contribution in [1.29, 1.82) is 0 Å². The second-order valence-electron chi connectivity index (χ2n) is 9.48. The molecule has 3 aromatic rings. The summed E-state index contributed by atoms with van der Waals surface area (Å²) in [6, 6.07) is 7.69. The quantitative estimate of drug-likeness (QED) is 0.166. The third-order valence-electron chi connectivity index (χ3n) is 5.92. The van der Waals surface area contributed by atoms with Crippen LogP contribution in [0.1, 0.15) is 29.7 Å². The van der Waals surface area contributed by atoms with Gasteiger partial charge in [0.1, 0.15) is 29.5 Å². The summed E-state index contributed by atoms with van der Waals surface area (Å²) in [6.07, 6.45) is -5.89. The number of esters is 1. The summed E-state index contributed by atoms with van der Waals surface area (Å²) in [7, 11) is -4.57. The monoisotopic (exact) mass is 603 g/mol. The average molecular weight is 604 g/mol. The minimum Gasteiger partial charge on any atom is -0.463 e. The van der Waals surface area contributed by atoms with Gasteiger partial charge in [-0.05, 0) is 26.0 Å². The number of ether oxygens (including phenoxy) is 2. The Hall–Kier alpha value is -3.03. The Bertz CT molecular complexity index is 1550. The number of rotatable bonds is 11. The van der Waals surface area contributed by atoms with Crippen LogP contribution in [-0.2, 0) is 23.4 Å². The number of aromatic nitrogens is 4. The first-order chi connectivity index (χ1) is 19.6. The van der Waals surface area contributed by atoms with Gasteiger partial charge in [0.25, 0.3) is 5.56 Å². The summed E-state index contributed by atoms with van der Waals surface area (Å²) in [5.74, 6) is -2.05. The molecule has 1 aliphatic rings. The maximum Gasteiger partial charge on any atom is 0.380 e. The molecule has 4 N–H and O–H groups in total. The van der Waals surface area contributed by atoms with Crippen molar-refractivity contribution in [1.82, 2.24) is 19.5 Å². The van der Waals surface area contributed by atoms with Gasteiger partial charge in [-0.3, -0.25) is 23.7 Å². The number of hydrogen-bond acceptors (Lipinski definition) is 11. The van der Waals surface area contributed by atoms with Crippen molar-refractivity contribution in [2.75, 3.05) is 25.1 Å². The summed E-state index contributed by atoms with van der Waals surface area (Å²) in [5, 5.41) is 11.1. The Balaban J connectivity index is 1.68. The highest BCUT2D eigenvalue weighted by molar-refractivity contribution is 7.54. The molecule has 1 aromatic carbocycles. The molecule has 0 amide bonds. The Morgan fingerprint density at radius 1 is 1.40 bits per heavy atom. The number of benzene rings is 1. The molecule has 13 nitrogen and oxygen atoms in total. The molecular weight excluding hydrogens is 572 g/mol. The van der Waals surface area contributed by atoms with Gasteiger partial charge >= 0.3 is 13.6 Å². The minimum absolute atomic E-state index is 0.0426. The molecule has 0 bridgehead atoms. The van der Waals surface area contributed by atoms with Crippen LogP contribution in [0.3, 0.4) is 0 Å². The minimum atomic E-state index is -4.57. The lowest BCUT2D eigenvalue weighted by atomic mass is 10.0. The van der Waals surface area contributed by atoms with Crippen LogP contribution >= 0.6 is 19.2 Å². The molecule has 1 aliphatic heterocycles. The van der Waals surface area contributed by atoms with Crippen molar-refractivity contribution in [3.63, 3.8) is 0 Å². The highest BCUT2D eigenvalue weighted by Crippen LogP contribution is 2.52. The topological polar surface area (TPSA) is 181 Å². The predicted molar refractivity (Wildman–Crippen MR) is 143 cm³/mol. The third-order valence-corrected chi connectivity index (χ3v) is 8.30. The summed E-state index contributed by atoms with van der Waals surface area (Å²) in [5.41, 5.74) is 4.54. The number of aliphatic hydroxyl groups is 1. The van der Waals surface area contributed by atoms with Crippen molar-refractivity contribution in [3.8, 4) is 5.75 Å². The summed E-state index contributed by atoms with van der Waals surface area (Å²) in [4.78, 5) is 32.5. The molecule has 0 spiro atoms. The SMILES string of the molecule is [2H]C([2H])(OP(=O)(C[C@@H](C)C(=O)OC(C)C)Oc1ccccc1)[C@H]1O[C@@H](n2cnc3c(=O)[nH]c(N)nc32)C(Cl)(CF)[C@H]1O. The molecule has 40 heavy (non-hydrogen) atoms. The fraction of sp³-hybridized carbons (Fsp3) is 0.500. The van der Waals surface area contributed by atoms with Gasteiger partial charge < -0.3 is 24.8 Å². The van der Waals surface area contributed by atoms with Crippen LogP contribution in [0, 0.1) is 5.92 Å². The molecule has 0 aliphatic carbocycles.